The number of halogens is 4. The number of unbranched alkanes of at least 4 members (excludes halogenated alkanes) is 1. The number of hydrogen-bond donors (Lipinski definition) is 0. The normalized spacial score (nSPS) is 10.4. The topological polar surface area (TPSA) is 9.23 Å². The molecule has 1 aromatic carbocycles. The summed E-state index contributed by atoms with van der Waals surface area (Å²) in [6, 6.07) is 3.23. The Bertz CT molecular complexity index is 331. The third kappa shape index (κ3) is 4.39. The first-order valence-corrected chi connectivity index (χ1v) is 6.74. The molecule has 0 unspecified atom stereocenters. The molecule has 0 N–H and O–H groups in total. The lowest BCUT2D eigenvalue weighted by molar-refractivity contribution is 0.310. The van der Waals surface area contributed by atoms with Crippen molar-refractivity contribution in [2.75, 3.05) is 11.9 Å². The second kappa shape index (κ2) is 6.85. The molecule has 5 heteroatoms. The average Bonchev–Trinajstić information content (AvgIpc) is 2.20. The van der Waals surface area contributed by atoms with Gasteiger partial charge in [0.15, 0.2) is 0 Å². The molecule has 0 bridgehead atoms. The van der Waals surface area contributed by atoms with E-state index in [1.54, 1.807) is 12.1 Å². The fraction of sp³-hybridized carbons (Fsp3) is 0.400. The van der Waals surface area contributed by atoms with Gasteiger partial charge >= 0.3 is 0 Å². The molecule has 1 aromatic rings. The lowest BCUT2D eigenvalue weighted by Crippen LogP contribution is -1.98. The molecule has 1 rings (SSSR count). The maximum absolute atomic E-state index is 5.94. The Morgan fingerprint density at radius 2 is 1.67 bits per heavy atom. The van der Waals surface area contributed by atoms with E-state index in [4.69, 9.17) is 39.5 Å². The fourth-order valence-electron chi connectivity index (χ4n) is 0.994. The molecule has 0 aliphatic carbocycles. The number of ether oxygens (including phenoxy) is 1. The van der Waals surface area contributed by atoms with Gasteiger partial charge in [0.1, 0.15) is 5.75 Å². The highest BCUT2D eigenvalue weighted by Gasteiger charge is 2.06. The lowest BCUT2D eigenvalue weighted by Gasteiger charge is -2.08. The third-order valence-electron chi connectivity index (χ3n) is 1.76. The summed E-state index contributed by atoms with van der Waals surface area (Å²) in [6.45, 7) is 0.628. The molecule has 0 aliphatic rings. The van der Waals surface area contributed by atoms with Crippen LogP contribution in [-0.2, 0) is 0 Å². The van der Waals surface area contributed by atoms with Crippen molar-refractivity contribution in [2.24, 2.45) is 0 Å². The highest BCUT2D eigenvalue weighted by molar-refractivity contribution is 9.09. The van der Waals surface area contributed by atoms with Crippen molar-refractivity contribution in [3.63, 3.8) is 0 Å². The zero-order valence-corrected chi connectivity index (χ0v) is 11.8. The van der Waals surface area contributed by atoms with Gasteiger partial charge in [0, 0.05) is 11.4 Å². The zero-order valence-electron chi connectivity index (χ0n) is 7.90. The maximum Gasteiger partial charge on any atom is 0.139 e. The van der Waals surface area contributed by atoms with Crippen LogP contribution in [0.1, 0.15) is 12.8 Å². The van der Waals surface area contributed by atoms with Gasteiger partial charge < -0.3 is 4.74 Å². The smallest absolute Gasteiger partial charge is 0.139 e. The van der Waals surface area contributed by atoms with Crippen LogP contribution in [0.5, 0.6) is 5.75 Å². The van der Waals surface area contributed by atoms with Gasteiger partial charge in [-0.1, -0.05) is 50.7 Å². The van der Waals surface area contributed by atoms with Crippen LogP contribution < -0.4 is 4.74 Å². The lowest BCUT2D eigenvalue weighted by atomic mass is 10.3. The summed E-state index contributed by atoms with van der Waals surface area (Å²) in [5, 5.41) is 2.36. The van der Waals surface area contributed by atoms with Gasteiger partial charge in [-0.2, -0.15) is 0 Å². The second-order valence-electron chi connectivity index (χ2n) is 2.94. The van der Waals surface area contributed by atoms with E-state index in [1.807, 2.05) is 0 Å². The Balaban J connectivity index is 2.57. The van der Waals surface area contributed by atoms with Crippen LogP contribution >= 0.6 is 50.7 Å². The first kappa shape index (κ1) is 13.4. The molecule has 0 amide bonds. The predicted octanol–water partition coefficient (Wildman–Crippen LogP) is 5.20. The van der Waals surface area contributed by atoms with E-state index in [9.17, 15) is 0 Å². The standard InChI is InChI=1S/C10H10BrCl3O/c11-3-1-2-4-15-10-6-8(13)7(12)5-9(10)14/h5-6H,1-4H2. The summed E-state index contributed by atoms with van der Waals surface area (Å²) in [4.78, 5) is 0. The van der Waals surface area contributed by atoms with Crippen LogP contribution in [0.15, 0.2) is 12.1 Å². The maximum atomic E-state index is 5.94. The second-order valence-corrected chi connectivity index (χ2v) is 4.96. The summed E-state index contributed by atoms with van der Waals surface area (Å²) in [5.74, 6) is 0.584. The van der Waals surface area contributed by atoms with Crippen molar-refractivity contribution in [1.29, 1.82) is 0 Å². The van der Waals surface area contributed by atoms with E-state index in [0.29, 0.717) is 27.4 Å². The summed E-state index contributed by atoms with van der Waals surface area (Å²) < 4.78 is 5.48. The molecule has 0 spiro atoms. The molecule has 0 aliphatic heterocycles. The minimum atomic E-state index is 0.439. The van der Waals surface area contributed by atoms with E-state index in [2.05, 4.69) is 15.9 Å². The highest BCUT2D eigenvalue weighted by Crippen LogP contribution is 2.33. The summed E-state index contributed by atoms with van der Waals surface area (Å²) in [7, 11) is 0. The molecule has 0 radical (unpaired) electrons. The van der Waals surface area contributed by atoms with E-state index < -0.39 is 0 Å². The van der Waals surface area contributed by atoms with Crippen LogP contribution in [0, 0.1) is 0 Å². The van der Waals surface area contributed by atoms with Crippen molar-refractivity contribution in [3.05, 3.63) is 27.2 Å². The minimum absolute atomic E-state index is 0.439. The number of rotatable bonds is 5. The Hall–Kier alpha value is 0.370. The van der Waals surface area contributed by atoms with Gasteiger partial charge in [0.2, 0.25) is 0 Å². The van der Waals surface area contributed by atoms with Crippen LogP contribution in [-0.4, -0.2) is 11.9 Å². The van der Waals surface area contributed by atoms with Gasteiger partial charge in [0.25, 0.3) is 0 Å². The molecular weight excluding hydrogens is 322 g/mol. The van der Waals surface area contributed by atoms with Crippen molar-refractivity contribution in [2.45, 2.75) is 12.8 Å². The summed E-state index contributed by atoms with van der Waals surface area (Å²) in [5.41, 5.74) is 0. The molecular formula is C10H10BrCl3O. The number of alkyl halides is 1. The van der Waals surface area contributed by atoms with Crippen LogP contribution in [0.4, 0.5) is 0 Å². The van der Waals surface area contributed by atoms with E-state index in [0.717, 1.165) is 18.2 Å². The van der Waals surface area contributed by atoms with Crippen LogP contribution in [0.3, 0.4) is 0 Å². The summed E-state index contributed by atoms with van der Waals surface area (Å²) >= 11 is 20.9. The van der Waals surface area contributed by atoms with E-state index in [1.165, 1.54) is 0 Å². The van der Waals surface area contributed by atoms with Gasteiger partial charge in [0.05, 0.1) is 21.7 Å². The first-order chi connectivity index (χ1) is 7.15. The molecule has 0 aromatic heterocycles. The number of hydrogen-bond acceptors (Lipinski definition) is 1. The average molecular weight is 332 g/mol. The largest absolute Gasteiger partial charge is 0.492 e. The molecule has 0 atom stereocenters. The Morgan fingerprint density at radius 3 is 2.33 bits per heavy atom. The van der Waals surface area contributed by atoms with Crippen molar-refractivity contribution in [3.8, 4) is 5.75 Å². The van der Waals surface area contributed by atoms with Crippen molar-refractivity contribution < 1.29 is 4.74 Å². The Morgan fingerprint density at radius 1 is 1.00 bits per heavy atom. The van der Waals surface area contributed by atoms with Gasteiger partial charge in [-0.3, -0.25) is 0 Å². The molecule has 0 saturated heterocycles. The Kier molecular flexibility index (Phi) is 6.13. The minimum Gasteiger partial charge on any atom is -0.492 e. The quantitative estimate of drug-likeness (QED) is 0.409. The van der Waals surface area contributed by atoms with E-state index >= 15 is 0 Å². The SMILES string of the molecule is Clc1cc(Cl)c(OCCCCBr)cc1Cl. The number of benzene rings is 1. The van der Waals surface area contributed by atoms with Crippen LogP contribution in [0.2, 0.25) is 15.1 Å². The summed E-state index contributed by atoms with van der Waals surface area (Å²) in [6.07, 6.45) is 2.04. The molecule has 0 saturated carbocycles. The van der Waals surface area contributed by atoms with Crippen LogP contribution in [0.25, 0.3) is 0 Å². The molecule has 15 heavy (non-hydrogen) atoms. The molecule has 84 valence electrons. The molecule has 1 nitrogen and oxygen atoms in total. The van der Waals surface area contributed by atoms with Gasteiger partial charge in [-0.05, 0) is 18.9 Å². The molecule has 0 heterocycles. The first-order valence-electron chi connectivity index (χ1n) is 4.48. The van der Waals surface area contributed by atoms with Crippen molar-refractivity contribution >= 4 is 50.7 Å². The monoisotopic (exact) mass is 330 g/mol. The Labute approximate surface area is 113 Å². The highest BCUT2D eigenvalue weighted by atomic mass is 79.9. The van der Waals surface area contributed by atoms with Gasteiger partial charge in [-0.25, -0.2) is 0 Å². The van der Waals surface area contributed by atoms with Gasteiger partial charge in [-0.15, -0.1) is 0 Å². The third-order valence-corrected chi connectivity index (χ3v) is 3.34. The fourth-order valence-corrected chi connectivity index (χ4v) is 1.98. The molecule has 0 fully saturated rings. The van der Waals surface area contributed by atoms with Crippen molar-refractivity contribution in [1.82, 2.24) is 0 Å². The predicted molar refractivity (Wildman–Crippen MR) is 70.0 cm³/mol. The zero-order chi connectivity index (χ0) is 11.3. The van der Waals surface area contributed by atoms with E-state index in [-0.39, 0.29) is 0 Å².